The minimum absolute atomic E-state index is 0.0450. The molecule has 0 aliphatic carbocycles. The van der Waals surface area contributed by atoms with E-state index in [9.17, 15) is 34.6 Å². The van der Waals surface area contributed by atoms with Crippen molar-refractivity contribution in [2.75, 3.05) is 17.2 Å². The van der Waals surface area contributed by atoms with Crippen LogP contribution in [0.4, 0.5) is 5.13 Å². The van der Waals surface area contributed by atoms with Gasteiger partial charge in [-0.15, -0.1) is 27.6 Å². The number of nitrogens with zero attached hydrogens (tertiary/aromatic N) is 8. The lowest BCUT2D eigenvalue weighted by atomic mass is 10.0. The highest BCUT2D eigenvalue weighted by Gasteiger charge is 2.54. The molecule has 4 aromatic rings. The first kappa shape index (κ1) is 29.5. The van der Waals surface area contributed by atoms with E-state index in [0.29, 0.717) is 15.6 Å². The first-order chi connectivity index (χ1) is 21.2. The lowest BCUT2D eigenvalue weighted by Crippen LogP contribution is -2.71. The Bertz CT molecular complexity index is 1900. The lowest BCUT2D eigenvalue weighted by molar-refractivity contribution is -0.662. The molecule has 21 heteroatoms. The summed E-state index contributed by atoms with van der Waals surface area (Å²) in [6.45, 7) is 0.186. The fourth-order valence-electron chi connectivity index (χ4n) is 4.57. The number of aliphatic carboxylic acids is 1. The standard InChI is InChI=1S/C23H18N10O7S4/c24-22-28-16(30-44-22)12(29-40)17(34)27-13-18(35)33-14(20(36)37)9(7-41-19(13)33)8-42-23-26-10(15(43-23)21(38)39)6-31-4-5-32-11(31)2-1-3-25-32/h1-5,13,19H,6-8H2,(H5-,24,27,28,30,34,36,37,38,39,40)/p+1/t13-,19?/m1/s1. The molecule has 2 amide bonds. The second kappa shape index (κ2) is 11.8. The molecular weight excluding hydrogens is 657 g/mol. The molecular formula is C23H19N10O7S4+. The van der Waals surface area contributed by atoms with Crippen LogP contribution in [-0.2, 0) is 20.9 Å². The van der Waals surface area contributed by atoms with Crippen molar-refractivity contribution in [2.45, 2.75) is 22.3 Å². The van der Waals surface area contributed by atoms with Gasteiger partial charge in [-0.2, -0.15) is 9.36 Å². The Morgan fingerprint density at radius 1 is 1.25 bits per heavy atom. The van der Waals surface area contributed by atoms with Crippen molar-refractivity contribution in [2.24, 2.45) is 5.16 Å². The summed E-state index contributed by atoms with van der Waals surface area (Å²) in [5.74, 6) is -3.89. The molecule has 1 saturated heterocycles. The van der Waals surface area contributed by atoms with E-state index in [0.717, 1.165) is 33.4 Å². The zero-order valence-electron chi connectivity index (χ0n) is 21.9. The number of nitrogens with two attached hydrogens (primary N) is 1. The van der Waals surface area contributed by atoms with Crippen LogP contribution in [-0.4, -0.2) is 96.7 Å². The Hall–Kier alpha value is -4.60. The molecule has 1 unspecified atom stereocenters. The van der Waals surface area contributed by atoms with Gasteiger partial charge >= 0.3 is 17.6 Å². The maximum Gasteiger partial charge on any atom is 0.352 e. The predicted octanol–water partition coefficient (Wildman–Crippen LogP) is -0.0323. The molecule has 2 aliphatic heterocycles. The number of amides is 2. The molecule has 6 N–H and O–H groups in total. The normalized spacial score (nSPS) is 18.3. The van der Waals surface area contributed by atoms with Crippen molar-refractivity contribution in [1.82, 2.24) is 34.2 Å². The number of carbonyl (C=O) groups excluding carboxylic acids is 2. The number of hydrogen-bond donors (Lipinski definition) is 5. The number of carboxylic acid groups (broad SMARTS) is 2. The number of anilines is 1. The third-order valence-corrected chi connectivity index (χ3v) is 10.7. The molecule has 1 fully saturated rings. The monoisotopic (exact) mass is 675 g/mol. The summed E-state index contributed by atoms with van der Waals surface area (Å²) in [5, 5.41) is 38.0. The Balaban J connectivity index is 1.17. The van der Waals surface area contributed by atoms with E-state index in [1.165, 1.54) is 23.5 Å². The Morgan fingerprint density at radius 2 is 2.07 bits per heavy atom. The van der Waals surface area contributed by atoms with Gasteiger partial charge in [0.2, 0.25) is 11.5 Å². The highest BCUT2D eigenvalue weighted by Crippen LogP contribution is 2.42. The van der Waals surface area contributed by atoms with Gasteiger partial charge in [-0.25, -0.2) is 19.1 Å². The summed E-state index contributed by atoms with van der Waals surface area (Å²) in [6.07, 6.45) is 5.14. The number of aromatic carboxylic acids is 1. The lowest BCUT2D eigenvalue weighted by Gasteiger charge is -2.49. The molecule has 0 spiro atoms. The molecule has 0 saturated carbocycles. The Labute approximate surface area is 262 Å². The average Bonchev–Trinajstić information content (AvgIpc) is 3.73. The fraction of sp³-hybridized carbons (Fsp3) is 0.217. The minimum atomic E-state index is -1.32. The van der Waals surface area contributed by atoms with Crippen molar-refractivity contribution in [1.29, 1.82) is 0 Å². The number of thioether (sulfide) groups is 2. The molecule has 0 radical (unpaired) electrons. The van der Waals surface area contributed by atoms with Gasteiger partial charge in [0, 0.05) is 29.1 Å². The van der Waals surface area contributed by atoms with E-state index in [2.05, 4.69) is 29.9 Å². The van der Waals surface area contributed by atoms with Crippen LogP contribution in [0.2, 0.25) is 0 Å². The maximum atomic E-state index is 13.0. The summed E-state index contributed by atoms with van der Waals surface area (Å²) in [6, 6.07) is 2.52. The average molecular weight is 676 g/mol. The van der Waals surface area contributed by atoms with Crippen molar-refractivity contribution < 1.29 is 39.2 Å². The van der Waals surface area contributed by atoms with Crippen molar-refractivity contribution in [3.8, 4) is 0 Å². The largest absolute Gasteiger partial charge is 0.477 e. The number of carbonyl (C=O) groups is 4. The van der Waals surface area contributed by atoms with Crippen LogP contribution in [0.3, 0.4) is 0 Å². The molecule has 17 nitrogen and oxygen atoms in total. The number of fused-ring (bicyclic) bond motifs is 2. The van der Waals surface area contributed by atoms with Gasteiger partial charge in [-0.05, 0) is 11.6 Å². The molecule has 226 valence electrons. The van der Waals surface area contributed by atoms with E-state index >= 15 is 0 Å². The van der Waals surface area contributed by atoms with Crippen LogP contribution in [0.25, 0.3) is 5.65 Å². The van der Waals surface area contributed by atoms with Crippen LogP contribution in [0.15, 0.2) is 51.5 Å². The SMILES string of the molecule is Nc1nc(/C(=N\O)C(=O)N[C@@H]2C(=O)N3C(C(=O)O)=C(CSc4nc(C[n+]5ccn6ncccc65)c(C(=O)O)s4)CSC23)ns1. The number of thiazole rings is 1. The zero-order chi connectivity index (χ0) is 31.1. The molecule has 6 heterocycles. The van der Waals surface area contributed by atoms with Crippen molar-refractivity contribution in [3.05, 3.63) is 58.4 Å². The highest BCUT2D eigenvalue weighted by molar-refractivity contribution is 8.01. The summed E-state index contributed by atoms with van der Waals surface area (Å²) in [4.78, 5) is 59.5. The van der Waals surface area contributed by atoms with Crippen molar-refractivity contribution >= 4 is 86.6 Å². The molecule has 4 aromatic heterocycles. The van der Waals surface area contributed by atoms with E-state index in [4.69, 9.17) is 5.73 Å². The third kappa shape index (κ3) is 5.33. The molecule has 0 aromatic carbocycles. The highest BCUT2D eigenvalue weighted by atomic mass is 32.2. The zero-order valence-corrected chi connectivity index (χ0v) is 25.2. The number of rotatable bonds is 10. The Kier molecular flexibility index (Phi) is 7.92. The number of imidazole rings is 1. The van der Waals surface area contributed by atoms with Crippen LogP contribution in [0, 0.1) is 0 Å². The summed E-state index contributed by atoms with van der Waals surface area (Å²) < 4.78 is 7.71. The second-order valence-electron chi connectivity index (χ2n) is 9.12. The maximum absolute atomic E-state index is 13.0. The van der Waals surface area contributed by atoms with Crippen LogP contribution < -0.4 is 15.6 Å². The van der Waals surface area contributed by atoms with E-state index < -0.39 is 40.9 Å². The summed E-state index contributed by atoms with van der Waals surface area (Å²) in [5.41, 5.74) is 6.30. The van der Waals surface area contributed by atoms with Crippen LogP contribution in [0.5, 0.6) is 0 Å². The number of β-lactam (4-membered cyclic amide) rings is 1. The summed E-state index contributed by atoms with van der Waals surface area (Å²) >= 11 is 4.19. The van der Waals surface area contributed by atoms with E-state index in [-0.39, 0.29) is 39.6 Å². The van der Waals surface area contributed by atoms with Gasteiger partial charge in [0.05, 0.1) is 6.20 Å². The Morgan fingerprint density at radius 3 is 2.77 bits per heavy atom. The first-order valence-corrected chi connectivity index (χ1v) is 16.0. The van der Waals surface area contributed by atoms with Gasteiger partial charge in [-0.1, -0.05) is 22.0 Å². The predicted molar refractivity (Wildman–Crippen MR) is 157 cm³/mol. The fourth-order valence-corrected chi connectivity index (χ4v) is 8.50. The van der Waals surface area contributed by atoms with Crippen LogP contribution in [0.1, 0.15) is 21.2 Å². The van der Waals surface area contributed by atoms with Gasteiger partial charge < -0.3 is 26.5 Å². The van der Waals surface area contributed by atoms with Gasteiger partial charge in [0.25, 0.3) is 11.8 Å². The van der Waals surface area contributed by atoms with E-state index in [1.54, 1.807) is 29.2 Å². The molecule has 44 heavy (non-hydrogen) atoms. The summed E-state index contributed by atoms with van der Waals surface area (Å²) in [7, 11) is 0. The topological polar surface area (TPSA) is 242 Å². The second-order valence-corrected chi connectivity index (χ2v) is 13.2. The number of aromatic nitrogens is 6. The van der Waals surface area contributed by atoms with E-state index in [1.807, 2.05) is 10.6 Å². The third-order valence-electron chi connectivity index (χ3n) is 6.51. The van der Waals surface area contributed by atoms with Crippen molar-refractivity contribution in [3.63, 3.8) is 0 Å². The number of nitrogens with one attached hydrogen (secondary N) is 1. The number of nitrogen functional groups attached to an aromatic ring is 1. The number of oxime groups is 1. The first-order valence-electron chi connectivity index (χ1n) is 12.4. The van der Waals surface area contributed by atoms with Gasteiger partial charge in [-0.3, -0.25) is 14.5 Å². The van der Waals surface area contributed by atoms with Gasteiger partial charge in [0.1, 0.15) is 40.4 Å². The van der Waals surface area contributed by atoms with Crippen LogP contribution >= 0.6 is 46.4 Å². The number of hydrogen-bond acceptors (Lipinski definition) is 15. The minimum Gasteiger partial charge on any atom is -0.477 e. The smallest absolute Gasteiger partial charge is 0.352 e. The van der Waals surface area contributed by atoms with Gasteiger partial charge in [0.15, 0.2) is 15.7 Å². The number of carboxylic acids is 2. The quantitative estimate of drug-likeness (QED) is 0.0370. The molecule has 2 aliphatic rings. The molecule has 2 atom stereocenters. The molecule has 6 rings (SSSR count). The molecule has 0 bridgehead atoms.